The van der Waals surface area contributed by atoms with Gasteiger partial charge in [0.2, 0.25) is 5.92 Å². The van der Waals surface area contributed by atoms with Crippen molar-refractivity contribution in [2.24, 2.45) is 5.92 Å². The number of aromatic carboxylic acids is 1. The number of aromatic nitrogens is 4. The van der Waals surface area contributed by atoms with E-state index in [2.05, 4.69) is 15.1 Å². The summed E-state index contributed by atoms with van der Waals surface area (Å²) >= 11 is 0. The van der Waals surface area contributed by atoms with Gasteiger partial charge >= 0.3 is 5.97 Å². The first kappa shape index (κ1) is 15.6. The lowest BCUT2D eigenvalue weighted by atomic mass is 9.78. The number of carboxylic acids is 1. The first-order valence-corrected chi connectivity index (χ1v) is 7.81. The van der Waals surface area contributed by atoms with E-state index in [-0.39, 0.29) is 24.5 Å². The molecule has 0 atom stereocenters. The van der Waals surface area contributed by atoms with E-state index in [1.807, 2.05) is 6.07 Å². The number of halogens is 2. The molecular weight excluding hydrogens is 330 g/mol. The number of alkyl halides is 2. The van der Waals surface area contributed by atoms with Crippen LogP contribution in [0.25, 0.3) is 16.7 Å². The summed E-state index contributed by atoms with van der Waals surface area (Å²) in [4.78, 5) is 19.1. The SMILES string of the molecule is O=C(O)c1ccc(-n2ncc3cc(CC4CC(F)(F)C4)cnc32)cn1. The van der Waals surface area contributed by atoms with Crippen LogP contribution in [0, 0.1) is 5.92 Å². The number of fused-ring (bicyclic) bond motifs is 1. The van der Waals surface area contributed by atoms with Gasteiger partial charge in [-0.2, -0.15) is 5.10 Å². The molecule has 1 saturated carbocycles. The van der Waals surface area contributed by atoms with Gasteiger partial charge in [-0.1, -0.05) is 0 Å². The lowest BCUT2D eigenvalue weighted by molar-refractivity contribution is -0.109. The van der Waals surface area contributed by atoms with E-state index < -0.39 is 11.9 Å². The van der Waals surface area contributed by atoms with Crippen molar-refractivity contribution in [2.75, 3.05) is 0 Å². The standard InChI is InChI=1S/C17H14F2N4O2/c18-17(19)5-11(6-17)3-10-4-12-8-22-23(15(12)21-7-10)13-1-2-14(16(24)25)20-9-13/h1-2,4,7-9,11H,3,5-6H2,(H,24,25). The average Bonchev–Trinajstić information content (AvgIpc) is 2.96. The molecule has 0 radical (unpaired) electrons. The summed E-state index contributed by atoms with van der Waals surface area (Å²) in [7, 11) is 0. The maximum atomic E-state index is 12.9. The molecule has 0 aromatic carbocycles. The predicted octanol–water partition coefficient (Wildman–Crippen LogP) is 3.10. The van der Waals surface area contributed by atoms with Crippen LogP contribution in [-0.2, 0) is 6.42 Å². The monoisotopic (exact) mass is 344 g/mol. The number of carbonyl (C=O) groups is 1. The molecule has 3 aromatic rings. The molecule has 8 heteroatoms. The summed E-state index contributed by atoms with van der Waals surface area (Å²) < 4.78 is 27.4. The molecular formula is C17H14F2N4O2. The van der Waals surface area contributed by atoms with E-state index in [1.165, 1.54) is 12.3 Å². The molecule has 0 bridgehead atoms. The van der Waals surface area contributed by atoms with Gasteiger partial charge in [0.25, 0.3) is 0 Å². The van der Waals surface area contributed by atoms with E-state index in [0.29, 0.717) is 17.8 Å². The van der Waals surface area contributed by atoms with E-state index in [1.54, 1.807) is 23.1 Å². The molecule has 3 heterocycles. The third-order valence-electron chi connectivity index (χ3n) is 4.38. The Hall–Kier alpha value is -2.90. The molecule has 3 aromatic heterocycles. The molecule has 6 nitrogen and oxygen atoms in total. The predicted molar refractivity (Wildman–Crippen MR) is 85.0 cm³/mol. The smallest absolute Gasteiger partial charge is 0.354 e. The second kappa shape index (κ2) is 5.58. The maximum Gasteiger partial charge on any atom is 0.354 e. The summed E-state index contributed by atoms with van der Waals surface area (Å²) in [6, 6.07) is 4.91. The van der Waals surface area contributed by atoms with E-state index >= 15 is 0 Å². The quantitative estimate of drug-likeness (QED) is 0.786. The van der Waals surface area contributed by atoms with Gasteiger partial charge in [0.15, 0.2) is 5.65 Å². The van der Waals surface area contributed by atoms with Crippen LogP contribution >= 0.6 is 0 Å². The Balaban J connectivity index is 1.58. The molecule has 1 fully saturated rings. The van der Waals surface area contributed by atoms with Crippen molar-refractivity contribution in [2.45, 2.75) is 25.2 Å². The highest BCUT2D eigenvalue weighted by Gasteiger charge is 2.44. The van der Waals surface area contributed by atoms with Crippen molar-refractivity contribution in [3.8, 4) is 5.69 Å². The highest BCUT2D eigenvalue weighted by molar-refractivity contribution is 5.85. The normalized spacial score (nSPS) is 16.7. The number of hydrogen-bond acceptors (Lipinski definition) is 4. The lowest BCUT2D eigenvalue weighted by Crippen LogP contribution is -2.36. The highest BCUT2D eigenvalue weighted by Crippen LogP contribution is 2.43. The van der Waals surface area contributed by atoms with Gasteiger partial charge in [0.1, 0.15) is 5.69 Å². The molecule has 0 amide bonds. The van der Waals surface area contributed by atoms with Crippen molar-refractivity contribution in [1.29, 1.82) is 0 Å². The van der Waals surface area contributed by atoms with Gasteiger partial charge < -0.3 is 5.11 Å². The largest absolute Gasteiger partial charge is 0.477 e. The third kappa shape index (κ3) is 2.95. The van der Waals surface area contributed by atoms with Gasteiger partial charge in [-0.25, -0.2) is 28.2 Å². The van der Waals surface area contributed by atoms with Gasteiger partial charge in [-0.15, -0.1) is 0 Å². The van der Waals surface area contributed by atoms with Crippen LogP contribution < -0.4 is 0 Å². The molecule has 4 rings (SSSR count). The minimum atomic E-state index is -2.51. The second-order valence-electron chi connectivity index (χ2n) is 6.35. The van der Waals surface area contributed by atoms with Gasteiger partial charge in [0.05, 0.1) is 18.1 Å². The zero-order chi connectivity index (χ0) is 17.6. The maximum absolute atomic E-state index is 12.9. The van der Waals surface area contributed by atoms with Crippen molar-refractivity contribution >= 4 is 17.0 Å². The fourth-order valence-electron chi connectivity index (χ4n) is 3.17. The van der Waals surface area contributed by atoms with E-state index in [4.69, 9.17) is 5.11 Å². The minimum absolute atomic E-state index is 0.00272. The second-order valence-corrected chi connectivity index (χ2v) is 6.35. The molecule has 0 spiro atoms. The third-order valence-corrected chi connectivity index (χ3v) is 4.38. The summed E-state index contributed by atoms with van der Waals surface area (Å²) in [6.07, 6.45) is 5.20. The number of nitrogens with zero attached hydrogens (tertiary/aromatic N) is 4. The average molecular weight is 344 g/mol. The van der Waals surface area contributed by atoms with E-state index in [9.17, 15) is 13.6 Å². The summed E-state index contributed by atoms with van der Waals surface area (Å²) in [6.45, 7) is 0. The molecule has 1 aliphatic rings. The molecule has 25 heavy (non-hydrogen) atoms. The number of rotatable bonds is 4. The van der Waals surface area contributed by atoms with E-state index in [0.717, 1.165) is 10.9 Å². The molecule has 128 valence electrons. The Morgan fingerprint density at radius 3 is 2.68 bits per heavy atom. The fourth-order valence-corrected chi connectivity index (χ4v) is 3.17. The van der Waals surface area contributed by atoms with Gasteiger partial charge in [0, 0.05) is 24.4 Å². The summed E-state index contributed by atoms with van der Waals surface area (Å²) in [5.41, 5.74) is 2.06. The number of pyridine rings is 2. The van der Waals surface area contributed by atoms with Gasteiger partial charge in [-0.05, 0) is 36.1 Å². The molecule has 1 aliphatic carbocycles. The number of carboxylic acid groups (broad SMARTS) is 1. The van der Waals surface area contributed by atoms with Crippen LogP contribution in [0.3, 0.4) is 0 Å². The molecule has 0 aliphatic heterocycles. The van der Waals surface area contributed by atoms with Crippen molar-refractivity contribution in [3.05, 3.63) is 48.0 Å². The zero-order valence-electron chi connectivity index (χ0n) is 13.1. The minimum Gasteiger partial charge on any atom is -0.477 e. The Kier molecular flexibility index (Phi) is 3.48. The van der Waals surface area contributed by atoms with Crippen molar-refractivity contribution in [1.82, 2.24) is 19.7 Å². The van der Waals surface area contributed by atoms with Crippen LogP contribution in [0.4, 0.5) is 8.78 Å². The Bertz CT molecular complexity index is 945. The summed E-state index contributed by atoms with van der Waals surface area (Å²) in [5, 5.41) is 14.0. The van der Waals surface area contributed by atoms with Crippen LogP contribution in [0.5, 0.6) is 0 Å². The Morgan fingerprint density at radius 1 is 1.24 bits per heavy atom. The number of hydrogen-bond donors (Lipinski definition) is 1. The Labute approximate surface area is 141 Å². The highest BCUT2D eigenvalue weighted by atomic mass is 19.3. The zero-order valence-corrected chi connectivity index (χ0v) is 13.1. The molecule has 0 saturated heterocycles. The van der Waals surface area contributed by atoms with Crippen LogP contribution in [0.15, 0.2) is 36.8 Å². The van der Waals surface area contributed by atoms with Crippen molar-refractivity contribution in [3.63, 3.8) is 0 Å². The Morgan fingerprint density at radius 2 is 2.04 bits per heavy atom. The topological polar surface area (TPSA) is 80.9 Å². The van der Waals surface area contributed by atoms with Crippen LogP contribution in [0.1, 0.15) is 28.9 Å². The molecule has 1 N–H and O–H groups in total. The van der Waals surface area contributed by atoms with Crippen LogP contribution in [0.2, 0.25) is 0 Å². The van der Waals surface area contributed by atoms with Crippen LogP contribution in [-0.4, -0.2) is 36.7 Å². The summed E-state index contributed by atoms with van der Waals surface area (Å²) in [5.74, 6) is -3.61. The first-order valence-electron chi connectivity index (χ1n) is 7.81. The van der Waals surface area contributed by atoms with Crippen molar-refractivity contribution < 1.29 is 18.7 Å². The molecule has 0 unspecified atom stereocenters. The lowest BCUT2D eigenvalue weighted by Gasteiger charge is -2.34. The fraction of sp³-hybridized carbons (Fsp3) is 0.294. The first-order chi connectivity index (χ1) is 11.9. The van der Waals surface area contributed by atoms with Gasteiger partial charge in [-0.3, -0.25) is 0 Å².